The van der Waals surface area contributed by atoms with E-state index in [4.69, 9.17) is 5.73 Å². The molecular weight excluding hydrogens is 226 g/mol. The van der Waals surface area contributed by atoms with Gasteiger partial charge in [0.2, 0.25) is 0 Å². The van der Waals surface area contributed by atoms with E-state index in [1.54, 1.807) is 0 Å². The van der Waals surface area contributed by atoms with Gasteiger partial charge in [0.1, 0.15) is 0 Å². The quantitative estimate of drug-likeness (QED) is 0.753. The summed E-state index contributed by atoms with van der Waals surface area (Å²) in [6.07, 6.45) is 0.864. The molecule has 2 atom stereocenters. The fourth-order valence-electron chi connectivity index (χ4n) is 2.04. The number of amides is 2. The van der Waals surface area contributed by atoms with Crippen LogP contribution in [0.25, 0.3) is 10.8 Å². The van der Waals surface area contributed by atoms with Crippen molar-refractivity contribution in [1.82, 2.24) is 5.32 Å². The summed E-state index contributed by atoms with van der Waals surface area (Å²) in [5.41, 5.74) is 6.48. The first-order valence-corrected chi connectivity index (χ1v) is 6.05. The lowest BCUT2D eigenvalue weighted by molar-refractivity contribution is 0.251. The summed E-state index contributed by atoms with van der Waals surface area (Å²) in [5, 5.41) is 7.86. The van der Waals surface area contributed by atoms with Crippen LogP contribution in [-0.4, -0.2) is 18.1 Å². The first kappa shape index (κ1) is 11.0. The Morgan fingerprint density at radius 1 is 1.17 bits per heavy atom. The number of hydrogen-bond acceptors (Lipinski definition) is 2. The Morgan fingerprint density at radius 2 is 1.89 bits per heavy atom. The Kier molecular flexibility index (Phi) is 2.64. The second kappa shape index (κ2) is 4.31. The van der Waals surface area contributed by atoms with E-state index in [0.717, 1.165) is 22.9 Å². The van der Waals surface area contributed by atoms with E-state index in [9.17, 15) is 4.79 Å². The van der Waals surface area contributed by atoms with Crippen LogP contribution in [-0.2, 0) is 0 Å². The SMILES string of the molecule is NC1CC1NC(=O)Nc1cccc2ccccc12. The van der Waals surface area contributed by atoms with Gasteiger partial charge in [0.05, 0.1) is 5.69 Å². The van der Waals surface area contributed by atoms with Gasteiger partial charge in [0, 0.05) is 17.5 Å². The molecule has 0 aliphatic heterocycles. The minimum absolute atomic E-state index is 0.114. The lowest BCUT2D eigenvalue weighted by atomic mass is 10.1. The van der Waals surface area contributed by atoms with Gasteiger partial charge in [-0.1, -0.05) is 36.4 Å². The van der Waals surface area contributed by atoms with Gasteiger partial charge in [-0.2, -0.15) is 0 Å². The summed E-state index contributed by atoms with van der Waals surface area (Å²) in [6.45, 7) is 0. The Labute approximate surface area is 105 Å². The first-order chi connectivity index (χ1) is 8.74. The van der Waals surface area contributed by atoms with Gasteiger partial charge < -0.3 is 16.4 Å². The van der Waals surface area contributed by atoms with Crippen molar-refractivity contribution in [2.75, 3.05) is 5.32 Å². The Hall–Kier alpha value is -2.07. The van der Waals surface area contributed by atoms with E-state index in [-0.39, 0.29) is 18.1 Å². The van der Waals surface area contributed by atoms with Crippen LogP contribution in [0.1, 0.15) is 6.42 Å². The second-order valence-corrected chi connectivity index (χ2v) is 4.63. The van der Waals surface area contributed by atoms with Gasteiger partial charge in [-0.05, 0) is 17.9 Å². The number of fused-ring (bicyclic) bond motifs is 1. The molecule has 0 heterocycles. The van der Waals surface area contributed by atoms with Crippen molar-refractivity contribution < 1.29 is 4.79 Å². The smallest absolute Gasteiger partial charge is 0.319 e. The predicted octanol–water partition coefficient (Wildman–Crippen LogP) is 2.06. The first-order valence-electron chi connectivity index (χ1n) is 6.05. The van der Waals surface area contributed by atoms with Crippen molar-refractivity contribution in [1.29, 1.82) is 0 Å². The largest absolute Gasteiger partial charge is 0.334 e. The third-order valence-electron chi connectivity index (χ3n) is 3.19. The normalized spacial score (nSPS) is 21.6. The van der Waals surface area contributed by atoms with Gasteiger partial charge >= 0.3 is 6.03 Å². The van der Waals surface area contributed by atoms with Crippen LogP contribution in [0.3, 0.4) is 0 Å². The Morgan fingerprint density at radius 3 is 2.67 bits per heavy atom. The molecule has 0 spiro atoms. The maximum atomic E-state index is 11.8. The van der Waals surface area contributed by atoms with E-state index in [1.807, 2.05) is 42.5 Å². The van der Waals surface area contributed by atoms with Crippen molar-refractivity contribution in [2.45, 2.75) is 18.5 Å². The Bertz CT molecular complexity index is 591. The van der Waals surface area contributed by atoms with Gasteiger partial charge in [-0.3, -0.25) is 0 Å². The number of carbonyl (C=O) groups excluding carboxylic acids is 1. The lowest BCUT2D eigenvalue weighted by Crippen LogP contribution is -2.33. The van der Waals surface area contributed by atoms with Crippen LogP contribution in [0, 0.1) is 0 Å². The third kappa shape index (κ3) is 2.15. The highest BCUT2D eigenvalue weighted by molar-refractivity contribution is 6.01. The van der Waals surface area contributed by atoms with E-state index in [2.05, 4.69) is 10.6 Å². The summed E-state index contributed by atoms with van der Waals surface area (Å²) >= 11 is 0. The van der Waals surface area contributed by atoms with Crippen molar-refractivity contribution in [3.05, 3.63) is 42.5 Å². The molecule has 2 amide bonds. The zero-order chi connectivity index (χ0) is 12.5. The highest BCUT2D eigenvalue weighted by Gasteiger charge is 2.34. The van der Waals surface area contributed by atoms with Gasteiger partial charge in [-0.15, -0.1) is 0 Å². The molecule has 4 heteroatoms. The fraction of sp³-hybridized carbons (Fsp3) is 0.214. The van der Waals surface area contributed by atoms with Crippen LogP contribution in [0.15, 0.2) is 42.5 Å². The van der Waals surface area contributed by atoms with Crippen molar-refractivity contribution >= 4 is 22.5 Å². The molecular formula is C14H15N3O. The molecule has 1 saturated carbocycles. The lowest BCUT2D eigenvalue weighted by Gasteiger charge is -2.09. The highest BCUT2D eigenvalue weighted by atomic mass is 16.2. The standard InChI is InChI=1S/C14H15N3O/c15-11-8-13(11)17-14(18)16-12-7-3-5-9-4-1-2-6-10(9)12/h1-7,11,13H,8,15H2,(H2,16,17,18). The minimum atomic E-state index is -0.190. The molecule has 2 aromatic carbocycles. The molecule has 1 aliphatic rings. The topological polar surface area (TPSA) is 67.1 Å². The summed E-state index contributed by atoms with van der Waals surface area (Å²) in [6, 6.07) is 13.9. The molecule has 2 unspecified atom stereocenters. The van der Waals surface area contributed by atoms with E-state index < -0.39 is 0 Å². The second-order valence-electron chi connectivity index (χ2n) is 4.63. The van der Waals surface area contributed by atoms with Crippen LogP contribution >= 0.6 is 0 Å². The number of rotatable bonds is 2. The molecule has 1 aliphatic carbocycles. The number of benzene rings is 2. The van der Waals surface area contributed by atoms with E-state index >= 15 is 0 Å². The van der Waals surface area contributed by atoms with Crippen molar-refractivity contribution in [3.8, 4) is 0 Å². The van der Waals surface area contributed by atoms with E-state index in [1.165, 1.54) is 0 Å². The summed E-state index contributed by atoms with van der Waals surface area (Å²) in [7, 11) is 0. The van der Waals surface area contributed by atoms with Crippen molar-refractivity contribution in [3.63, 3.8) is 0 Å². The highest BCUT2D eigenvalue weighted by Crippen LogP contribution is 2.23. The average Bonchev–Trinajstić information content (AvgIpc) is 3.05. The molecule has 3 rings (SSSR count). The van der Waals surface area contributed by atoms with E-state index in [0.29, 0.717) is 0 Å². The predicted molar refractivity (Wildman–Crippen MR) is 72.5 cm³/mol. The number of nitrogens with one attached hydrogen (secondary N) is 2. The van der Waals surface area contributed by atoms with Crippen LogP contribution in [0.4, 0.5) is 10.5 Å². The van der Waals surface area contributed by atoms with Gasteiger partial charge in [0.25, 0.3) is 0 Å². The van der Waals surface area contributed by atoms with Gasteiger partial charge in [0.15, 0.2) is 0 Å². The molecule has 4 nitrogen and oxygen atoms in total. The van der Waals surface area contributed by atoms with Gasteiger partial charge in [-0.25, -0.2) is 4.79 Å². The van der Waals surface area contributed by atoms with Crippen LogP contribution in [0.5, 0.6) is 0 Å². The summed E-state index contributed by atoms with van der Waals surface area (Å²) in [5.74, 6) is 0. The fourth-order valence-corrected chi connectivity index (χ4v) is 2.04. The Balaban J connectivity index is 1.79. The molecule has 18 heavy (non-hydrogen) atoms. The summed E-state index contributed by atoms with van der Waals surface area (Å²) in [4.78, 5) is 11.8. The zero-order valence-corrected chi connectivity index (χ0v) is 9.89. The number of anilines is 1. The molecule has 0 aromatic heterocycles. The van der Waals surface area contributed by atoms with Crippen LogP contribution < -0.4 is 16.4 Å². The van der Waals surface area contributed by atoms with Crippen molar-refractivity contribution in [2.24, 2.45) is 5.73 Å². The average molecular weight is 241 g/mol. The summed E-state index contributed by atoms with van der Waals surface area (Å²) < 4.78 is 0. The molecule has 92 valence electrons. The third-order valence-corrected chi connectivity index (χ3v) is 3.19. The minimum Gasteiger partial charge on any atom is -0.334 e. The molecule has 0 bridgehead atoms. The zero-order valence-electron chi connectivity index (χ0n) is 9.89. The maximum Gasteiger partial charge on any atom is 0.319 e. The maximum absolute atomic E-state index is 11.8. The molecule has 2 aromatic rings. The molecule has 0 saturated heterocycles. The number of urea groups is 1. The molecule has 0 radical (unpaired) electrons. The number of hydrogen-bond donors (Lipinski definition) is 3. The molecule has 4 N–H and O–H groups in total. The number of nitrogens with two attached hydrogens (primary N) is 1. The molecule has 1 fully saturated rings. The number of carbonyl (C=O) groups is 1. The monoisotopic (exact) mass is 241 g/mol. The van der Waals surface area contributed by atoms with Crippen LogP contribution in [0.2, 0.25) is 0 Å².